The van der Waals surface area contributed by atoms with E-state index < -0.39 is 10.0 Å². The molecule has 0 aliphatic carbocycles. The van der Waals surface area contributed by atoms with Gasteiger partial charge < -0.3 is 5.32 Å². The number of piperazine rings is 1. The van der Waals surface area contributed by atoms with Gasteiger partial charge in [-0.1, -0.05) is 54.6 Å². The van der Waals surface area contributed by atoms with Gasteiger partial charge in [-0.25, -0.2) is 8.42 Å². The van der Waals surface area contributed by atoms with Gasteiger partial charge in [0.1, 0.15) is 0 Å². The Labute approximate surface area is 205 Å². The zero-order chi connectivity index (χ0) is 24.3. The molecule has 1 aromatic heterocycles. The lowest BCUT2D eigenvalue weighted by molar-refractivity contribution is 0.102. The molecule has 0 radical (unpaired) electrons. The summed E-state index contributed by atoms with van der Waals surface area (Å²) in [7, 11) is -3.70. The van der Waals surface area contributed by atoms with Crippen molar-refractivity contribution in [3.63, 3.8) is 0 Å². The molecule has 0 spiro atoms. The van der Waals surface area contributed by atoms with E-state index in [4.69, 9.17) is 0 Å². The number of sulfonamides is 1. The number of nitrogens with one attached hydrogen (secondary N) is 1. The van der Waals surface area contributed by atoms with Gasteiger partial charge in [0, 0.05) is 43.7 Å². The number of pyridine rings is 1. The highest BCUT2D eigenvalue weighted by Crippen LogP contribution is 2.21. The summed E-state index contributed by atoms with van der Waals surface area (Å²) in [6.45, 7) is 2.93. The van der Waals surface area contributed by atoms with E-state index in [-0.39, 0.29) is 16.4 Å². The van der Waals surface area contributed by atoms with Crippen LogP contribution in [0.2, 0.25) is 0 Å². The van der Waals surface area contributed by atoms with Gasteiger partial charge in [-0.05, 0) is 35.9 Å². The molecule has 1 amide bonds. The summed E-state index contributed by atoms with van der Waals surface area (Å²) in [5.74, 6) is -0.383. The monoisotopic (exact) mass is 486 g/mol. The maximum absolute atomic E-state index is 13.3. The zero-order valence-electron chi connectivity index (χ0n) is 19.2. The summed E-state index contributed by atoms with van der Waals surface area (Å²) in [5, 5.41) is 3.73. The van der Waals surface area contributed by atoms with Crippen molar-refractivity contribution in [1.29, 1.82) is 0 Å². The second kappa shape index (κ2) is 9.95. The van der Waals surface area contributed by atoms with Crippen molar-refractivity contribution in [2.24, 2.45) is 0 Å². The number of fused-ring (bicyclic) bond motifs is 1. The Morgan fingerprint density at radius 2 is 1.60 bits per heavy atom. The van der Waals surface area contributed by atoms with E-state index in [0.29, 0.717) is 31.9 Å². The van der Waals surface area contributed by atoms with Gasteiger partial charge in [0.05, 0.1) is 22.3 Å². The topological polar surface area (TPSA) is 82.6 Å². The predicted octanol–water partition coefficient (Wildman–Crippen LogP) is 3.99. The highest BCUT2D eigenvalue weighted by Gasteiger charge is 2.29. The largest absolute Gasteiger partial charge is 0.321 e. The van der Waals surface area contributed by atoms with Crippen molar-refractivity contribution in [2.75, 3.05) is 31.5 Å². The Hall–Kier alpha value is -3.59. The Morgan fingerprint density at radius 3 is 2.40 bits per heavy atom. The molecule has 4 aromatic rings. The third-order valence-electron chi connectivity index (χ3n) is 6.16. The average Bonchev–Trinajstić information content (AvgIpc) is 2.89. The molecular weight excluding hydrogens is 460 g/mol. The highest BCUT2D eigenvalue weighted by molar-refractivity contribution is 7.89. The Kier molecular flexibility index (Phi) is 6.59. The number of para-hydroxylation sites is 1. The second-order valence-corrected chi connectivity index (χ2v) is 10.5. The number of anilines is 1. The molecule has 8 heteroatoms. The van der Waals surface area contributed by atoms with E-state index in [1.165, 1.54) is 15.9 Å². The summed E-state index contributed by atoms with van der Waals surface area (Å²) in [4.78, 5) is 19.6. The Balaban J connectivity index is 1.26. The number of aromatic nitrogens is 1. The molecule has 3 aromatic carbocycles. The normalized spacial score (nSPS) is 15.2. The van der Waals surface area contributed by atoms with Gasteiger partial charge in [0.25, 0.3) is 5.91 Å². The van der Waals surface area contributed by atoms with Gasteiger partial charge in [-0.2, -0.15) is 4.31 Å². The van der Waals surface area contributed by atoms with E-state index in [1.807, 2.05) is 48.5 Å². The molecule has 1 aliphatic heterocycles. The molecule has 35 heavy (non-hydrogen) atoms. The lowest BCUT2D eigenvalue weighted by Gasteiger charge is -2.34. The van der Waals surface area contributed by atoms with Gasteiger partial charge >= 0.3 is 0 Å². The van der Waals surface area contributed by atoms with Crippen molar-refractivity contribution in [3.05, 3.63) is 102 Å². The van der Waals surface area contributed by atoms with Gasteiger partial charge in [0.15, 0.2) is 0 Å². The Bertz CT molecular complexity index is 1450. The number of hydrogen-bond donors (Lipinski definition) is 1. The molecule has 0 bridgehead atoms. The SMILES string of the molecule is O=C(Nc1cnc2ccccc2c1)c1cccc(S(=O)(=O)N2CCN(Cc3ccccc3)CC2)c1. The van der Waals surface area contributed by atoms with Crippen molar-refractivity contribution in [3.8, 4) is 0 Å². The van der Waals surface area contributed by atoms with Crippen LogP contribution in [0.1, 0.15) is 15.9 Å². The number of benzene rings is 3. The molecular formula is C27H26N4O3S. The fourth-order valence-corrected chi connectivity index (χ4v) is 5.73. The van der Waals surface area contributed by atoms with Crippen molar-refractivity contribution >= 4 is 32.5 Å². The van der Waals surface area contributed by atoms with Crippen LogP contribution in [0.25, 0.3) is 10.9 Å². The summed E-state index contributed by atoms with van der Waals surface area (Å²) in [6, 6.07) is 25.8. The lowest BCUT2D eigenvalue weighted by atomic mass is 10.2. The predicted molar refractivity (Wildman–Crippen MR) is 137 cm³/mol. The molecule has 0 saturated carbocycles. The summed E-state index contributed by atoms with van der Waals surface area (Å²) in [6.07, 6.45) is 1.59. The first-order valence-corrected chi connectivity index (χ1v) is 13.0. The maximum atomic E-state index is 13.3. The van der Waals surface area contributed by atoms with Crippen LogP contribution in [-0.2, 0) is 16.6 Å². The fourth-order valence-electron chi connectivity index (χ4n) is 4.26. The second-order valence-electron chi connectivity index (χ2n) is 8.56. The number of nitrogens with zero attached hydrogens (tertiary/aromatic N) is 3. The highest BCUT2D eigenvalue weighted by atomic mass is 32.2. The van der Waals surface area contributed by atoms with Crippen LogP contribution in [0, 0.1) is 0 Å². The smallest absolute Gasteiger partial charge is 0.255 e. The third kappa shape index (κ3) is 5.24. The molecule has 0 unspecified atom stereocenters. The van der Waals surface area contributed by atoms with E-state index in [1.54, 1.807) is 24.4 Å². The average molecular weight is 487 g/mol. The summed E-state index contributed by atoms with van der Waals surface area (Å²) >= 11 is 0. The quantitative estimate of drug-likeness (QED) is 0.446. The molecule has 0 atom stereocenters. The summed E-state index contributed by atoms with van der Waals surface area (Å²) in [5.41, 5.74) is 2.88. The number of hydrogen-bond acceptors (Lipinski definition) is 5. The van der Waals surface area contributed by atoms with Crippen LogP contribution in [-0.4, -0.2) is 54.7 Å². The third-order valence-corrected chi connectivity index (χ3v) is 8.06. The molecule has 2 heterocycles. The molecule has 1 fully saturated rings. The van der Waals surface area contributed by atoms with E-state index >= 15 is 0 Å². The van der Waals surface area contributed by atoms with Crippen LogP contribution in [0.15, 0.2) is 96.0 Å². The maximum Gasteiger partial charge on any atom is 0.255 e. The first-order chi connectivity index (χ1) is 17.0. The number of amides is 1. The molecule has 1 aliphatic rings. The number of carbonyl (C=O) groups excluding carboxylic acids is 1. The fraction of sp³-hybridized carbons (Fsp3) is 0.185. The van der Waals surface area contributed by atoms with E-state index in [2.05, 4.69) is 27.3 Å². The van der Waals surface area contributed by atoms with Gasteiger partial charge in [-0.15, -0.1) is 0 Å². The molecule has 7 nitrogen and oxygen atoms in total. The molecule has 1 saturated heterocycles. The van der Waals surface area contributed by atoms with Crippen LogP contribution >= 0.6 is 0 Å². The van der Waals surface area contributed by atoms with Crippen molar-refractivity contribution in [2.45, 2.75) is 11.4 Å². The first-order valence-electron chi connectivity index (χ1n) is 11.5. The van der Waals surface area contributed by atoms with Gasteiger partial charge in [-0.3, -0.25) is 14.7 Å². The molecule has 178 valence electrons. The summed E-state index contributed by atoms with van der Waals surface area (Å²) < 4.78 is 28.1. The van der Waals surface area contributed by atoms with Crippen LogP contribution < -0.4 is 5.32 Å². The lowest BCUT2D eigenvalue weighted by Crippen LogP contribution is -2.48. The standard InChI is InChI=1S/C27H26N4O3S/c32-27(29-24-17-22-9-4-5-12-26(22)28-19-24)23-10-6-11-25(18-23)35(33,34)31-15-13-30(14-16-31)20-21-7-2-1-3-8-21/h1-12,17-19H,13-16,20H2,(H,29,32). The molecule has 1 N–H and O–H groups in total. The molecule has 5 rings (SSSR count). The zero-order valence-corrected chi connectivity index (χ0v) is 20.0. The number of rotatable bonds is 6. The van der Waals surface area contributed by atoms with Crippen molar-refractivity contribution in [1.82, 2.24) is 14.2 Å². The Morgan fingerprint density at radius 1 is 0.857 bits per heavy atom. The minimum Gasteiger partial charge on any atom is -0.321 e. The van der Waals surface area contributed by atoms with E-state index in [9.17, 15) is 13.2 Å². The minimum atomic E-state index is -3.70. The minimum absolute atomic E-state index is 0.123. The first kappa shape index (κ1) is 23.2. The van der Waals surface area contributed by atoms with Crippen molar-refractivity contribution < 1.29 is 13.2 Å². The van der Waals surface area contributed by atoms with Gasteiger partial charge in [0.2, 0.25) is 10.0 Å². The van der Waals surface area contributed by atoms with Crippen LogP contribution in [0.4, 0.5) is 5.69 Å². The van der Waals surface area contributed by atoms with Crippen LogP contribution in [0.3, 0.4) is 0 Å². The number of carbonyl (C=O) groups is 1. The van der Waals surface area contributed by atoms with E-state index in [0.717, 1.165) is 17.4 Å². The van der Waals surface area contributed by atoms with Crippen LogP contribution in [0.5, 0.6) is 0 Å².